The van der Waals surface area contributed by atoms with Crippen molar-refractivity contribution in [2.75, 3.05) is 18.6 Å². The fourth-order valence-corrected chi connectivity index (χ4v) is 4.89. The zero-order chi connectivity index (χ0) is 22.1. The Morgan fingerprint density at radius 1 is 0.875 bits per heavy atom. The number of carbonyl (C=O) groups is 1. The van der Waals surface area contributed by atoms with Crippen LogP contribution in [0.15, 0.2) is 100 Å². The van der Waals surface area contributed by atoms with Gasteiger partial charge in [-0.05, 0) is 66.4 Å². The van der Waals surface area contributed by atoms with Gasteiger partial charge < -0.3 is 9.64 Å². The van der Waals surface area contributed by atoms with Crippen molar-refractivity contribution in [2.45, 2.75) is 16.7 Å². The summed E-state index contributed by atoms with van der Waals surface area (Å²) in [6.45, 7) is 2.65. The fraction of sp³-hybridized carbons (Fsp3) is 0.107. The van der Waals surface area contributed by atoms with Crippen LogP contribution in [0.2, 0.25) is 0 Å². The summed E-state index contributed by atoms with van der Waals surface area (Å²) in [5.74, 6) is 0.957. The van der Waals surface area contributed by atoms with Gasteiger partial charge in [-0.3, -0.25) is 4.79 Å². The molecule has 0 fully saturated rings. The van der Waals surface area contributed by atoms with E-state index in [2.05, 4.69) is 48.5 Å². The summed E-state index contributed by atoms with van der Waals surface area (Å²) in [7, 11) is 1.97. The number of rotatable bonds is 5. The summed E-state index contributed by atoms with van der Waals surface area (Å²) >= 11 is 1.70. The molecule has 1 aliphatic rings. The SMILES string of the molecule is CCOc1ccc(Sc2ccc(C=C3C(=O)c4ccc5ccccc5c4N3C)cc2)cc1. The number of hydrogen-bond donors (Lipinski definition) is 0. The van der Waals surface area contributed by atoms with Crippen molar-refractivity contribution in [3.63, 3.8) is 0 Å². The molecule has 32 heavy (non-hydrogen) atoms. The van der Waals surface area contributed by atoms with Gasteiger partial charge in [0.1, 0.15) is 5.75 Å². The standard InChI is InChI=1S/C28H23NO2S/c1-3-31-21-11-15-23(16-12-21)32-22-13-8-19(9-14-22)18-26-28(30)25-17-10-20-6-4-5-7-24(20)27(25)29(26)2/h4-18H,3H2,1-2H3. The number of Topliss-reactive ketones (excluding diaryl/α,β-unsaturated/α-hetero) is 1. The molecule has 0 saturated carbocycles. The lowest BCUT2D eigenvalue weighted by molar-refractivity contribution is 0.104. The second-order valence-electron chi connectivity index (χ2n) is 7.68. The highest BCUT2D eigenvalue weighted by Crippen LogP contribution is 2.40. The summed E-state index contributed by atoms with van der Waals surface area (Å²) in [6.07, 6.45) is 1.97. The van der Waals surface area contributed by atoms with Crippen molar-refractivity contribution in [3.8, 4) is 5.75 Å². The minimum Gasteiger partial charge on any atom is -0.494 e. The maximum atomic E-state index is 13.1. The molecular formula is C28H23NO2S. The first-order valence-electron chi connectivity index (χ1n) is 10.7. The maximum Gasteiger partial charge on any atom is 0.211 e. The summed E-state index contributed by atoms with van der Waals surface area (Å²) < 4.78 is 5.51. The number of likely N-dealkylation sites (N-methyl/N-ethyl adjacent to an activating group) is 1. The van der Waals surface area contributed by atoms with Crippen molar-refractivity contribution in [1.29, 1.82) is 0 Å². The molecule has 4 aromatic rings. The van der Waals surface area contributed by atoms with Gasteiger partial charge in [0, 0.05) is 27.8 Å². The van der Waals surface area contributed by atoms with Crippen LogP contribution in [0, 0.1) is 0 Å². The van der Waals surface area contributed by atoms with Gasteiger partial charge >= 0.3 is 0 Å². The average molecular weight is 438 g/mol. The molecule has 1 heterocycles. The molecule has 0 N–H and O–H groups in total. The highest BCUT2D eigenvalue weighted by atomic mass is 32.2. The van der Waals surface area contributed by atoms with Crippen LogP contribution in [0.1, 0.15) is 22.8 Å². The normalized spacial score (nSPS) is 14.2. The van der Waals surface area contributed by atoms with Gasteiger partial charge in [0.15, 0.2) is 0 Å². The molecule has 0 radical (unpaired) electrons. The molecule has 158 valence electrons. The van der Waals surface area contributed by atoms with Crippen molar-refractivity contribution >= 4 is 40.1 Å². The quantitative estimate of drug-likeness (QED) is 0.313. The molecule has 4 heteroatoms. The van der Waals surface area contributed by atoms with Crippen molar-refractivity contribution < 1.29 is 9.53 Å². The van der Waals surface area contributed by atoms with E-state index in [0.717, 1.165) is 43.1 Å². The van der Waals surface area contributed by atoms with Gasteiger partial charge in [-0.15, -0.1) is 0 Å². The Labute approximate surface area is 192 Å². The van der Waals surface area contributed by atoms with Crippen LogP contribution >= 0.6 is 11.8 Å². The van der Waals surface area contributed by atoms with Gasteiger partial charge in [-0.25, -0.2) is 0 Å². The Kier molecular flexibility index (Phi) is 5.46. The number of ketones is 1. The zero-order valence-electron chi connectivity index (χ0n) is 18.0. The van der Waals surface area contributed by atoms with Gasteiger partial charge in [0.25, 0.3) is 0 Å². The van der Waals surface area contributed by atoms with E-state index in [0.29, 0.717) is 12.3 Å². The lowest BCUT2D eigenvalue weighted by Crippen LogP contribution is -2.14. The number of nitrogens with zero attached hydrogens (tertiary/aromatic N) is 1. The van der Waals surface area contributed by atoms with Gasteiger partial charge in [0.2, 0.25) is 5.78 Å². The van der Waals surface area contributed by atoms with Gasteiger partial charge in [0.05, 0.1) is 18.0 Å². The third kappa shape index (κ3) is 3.78. The molecule has 0 aliphatic carbocycles. The second kappa shape index (κ2) is 8.56. The van der Waals surface area contributed by atoms with Crippen LogP contribution < -0.4 is 9.64 Å². The third-order valence-electron chi connectivity index (χ3n) is 5.63. The molecule has 0 aromatic heterocycles. The van der Waals surface area contributed by atoms with Crippen molar-refractivity contribution in [3.05, 3.63) is 102 Å². The van der Waals surface area contributed by atoms with E-state index in [4.69, 9.17) is 4.74 Å². The van der Waals surface area contributed by atoms with E-state index < -0.39 is 0 Å². The second-order valence-corrected chi connectivity index (χ2v) is 8.82. The number of ether oxygens (including phenoxy) is 1. The Bertz CT molecular complexity index is 1320. The minimum atomic E-state index is 0.0705. The monoisotopic (exact) mass is 437 g/mol. The largest absolute Gasteiger partial charge is 0.494 e. The Morgan fingerprint density at radius 3 is 2.28 bits per heavy atom. The van der Waals surface area contributed by atoms with Crippen LogP contribution in [0.4, 0.5) is 5.69 Å². The van der Waals surface area contributed by atoms with E-state index in [1.807, 2.05) is 61.3 Å². The molecule has 0 amide bonds. The summed E-state index contributed by atoms with van der Waals surface area (Å²) in [4.78, 5) is 17.4. The van der Waals surface area contributed by atoms with E-state index >= 15 is 0 Å². The smallest absolute Gasteiger partial charge is 0.211 e. The molecule has 0 atom stereocenters. The first-order valence-corrected chi connectivity index (χ1v) is 11.5. The fourth-order valence-electron chi connectivity index (χ4n) is 4.07. The molecule has 0 bridgehead atoms. The lowest BCUT2D eigenvalue weighted by atomic mass is 10.0. The number of carbonyl (C=O) groups excluding carboxylic acids is 1. The van der Waals surface area contributed by atoms with Crippen LogP contribution in [0.25, 0.3) is 16.8 Å². The summed E-state index contributed by atoms with van der Waals surface area (Å²) in [6, 6.07) is 28.6. The van der Waals surface area contributed by atoms with E-state index in [9.17, 15) is 4.79 Å². The molecular weight excluding hydrogens is 414 g/mol. The van der Waals surface area contributed by atoms with E-state index in [1.54, 1.807) is 11.8 Å². The number of hydrogen-bond acceptors (Lipinski definition) is 4. The lowest BCUT2D eigenvalue weighted by Gasteiger charge is -2.16. The molecule has 3 nitrogen and oxygen atoms in total. The first kappa shape index (κ1) is 20.4. The number of anilines is 1. The molecule has 0 saturated heterocycles. The molecule has 0 unspecified atom stereocenters. The van der Waals surface area contributed by atoms with Crippen LogP contribution in [-0.2, 0) is 0 Å². The predicted molar refractivity (Wildman–Crippen MR) is 133 cm³/mol. The van der Waals surface area contributed by atoms with E-state index in [-0.39, 0.29) is 5.78 Å². The topological polar surface area (TPSA) is 29.5 Å². The zero-order valence-corrected chi connectivity index (χ0v) is 18.9. The Hall–Kier alpha value is -3.50. The van der Waals surface area contributed by atoms with E-state index in [1.165, 1.54) is 0 Å². The Balaban J connectivity index is 1.38. The highest BCUT2D eigenvalue weighted by Gasteiger charge is 2.31. The molecule has 4 aromatic carbocycles. The number of fused-ring (bicyclic) bond motifs is 3. The Morgan fingerprint density at radius 2 is 1.56 bits per heavy atom. The minimum absolute atomic E-state index is 0.0705. The predicted octanol–water partition coefficient (Wildman–Crippen LogP) is 7.06. The first-order chi connectivity index (χ1) is 15.6. The molecule has 0 spiro atoms. The van der Waals surface area contributed by atoms with Crippen molar-refractivity contribution in [2.24, 2.45) is 0 Å². The number of benzene rings is 4. The highest BCUT2D eigenvalue weighted by molar-refractivity contribution is 7.99. The van der Waals surface area contributed by atoms with Crippen LogP contribution in [0.5, 0.6) is 5.75 Å². The van der Waals surface area contributed by atoms with Crippen molar-refractivity contribution in [1.82, 2.24) is 0 Å². The van der Waals surface area contributed by atoms with Crippen LogP contribution in [-0.4, -0.2) is 19.4 Å². The van der Waals surface area contributed by atoms with Gasteiger partial charge in [-0.1, -0.05) is 54.2 Å². The average Bonchev–Trinajstić information content (AvgIpc) is 3.07. The summed E-state index contributed by atoms with van der Waals surface area (Å²) in [5, 5.41) is 2.24. The number of allylic oxidation sites excluding steroid dienone is 1. The maximum absolute atomic E-state index is 13.1. The van der Waals surface area contributed by atoms with Gasteiger partial charge in [-0.2, -0.15) is 0 Å². The molecule has 1 aliphatic heterocycles. The van der Waals surface area contributed by atoms with Crippen LogP contribution in [0.3, 0.4) is 0 Å². The summed E-state index contributed by atoms with van der Waals surface area (Å²) in [5.41, 5.74) is 3.46. The molecule has 5 rings (SSSR count). The third-order valence-corrected chi connectivity index (χ3v) is 6.64.